The smallest absolute Gasteiger partial charge is 0.244 e. The Labute approximate surface area is 112 Å². The van der Waals surface area contributed by atoms with E-state index in [-0.39, 0.29) is 23.7 Å². The van der Waals surface area contributed by atoms with Gasteiger partial charge in [0.15, 0.2) is 0 Å². The average Bonchev–Trinajstić information content (AvgIpc) is 2.86. The van der Waals surface area contributed by atoms with Gasteiger partial charge < -0.3 is 4.90 Å². The maximum atomic E-state index is 12.7. The molecule has 104 valence electrons. The third-order valence-corrected chi connectivity index (χ3v) is 5.17. The second kappa shape index (κ2) is 5.29. The maximum Gasteiger partial charge on any atom is 0.244 e. The van der Waals surface area contributed by atoms with E-state index in [1.54, 1.807) is 6.26 Å². The minimum atomic E-state index is -0.858. The number of amides is 1. The Kier molecular flexibility index (Phi) is 4.11. The van der Waals surface area contributed by atoms with Crippen LogP contribution in [0.15, 0.2) is 0 Å². The normalized spacial score (nSPS) is 30.1. The molecule has 3 unspecified atom stereocenters. The summed E-state index contributed by atoms with van der Waals surface area (Å²) in [6, 6.07) is 0.0563. The highest BCUT2D eigenvalue weighted by Gasteiger charge is 2.52. The average molecular weight is 272 g/mol. The van der Waals surface area contributed by atoms with Gasteiger partial charge in [-0.15, -0.1) is 0 Å². The molecule has 1 spiro atoms. The Balaban J connectivity index is 2.17. The fourth-order valence-corrected chi connectivity index (χ4v) is 4.24. The summed E-state index contributed by atoms with van der Waals surface area (Å²) in [5, 5.41) is 3.55. The van der Waals surface area contributed by atoms with Crippen molar-refractivity contribution in [3.63, 3.8) is 0 Å². The fourth-order valence-electron chi connectivity index (χ4n) is 3.40. The van der Waals surface area contributed by atoms with Crippen LogP contribution in [0.1, 0.15) is 46.0 Å². The summed E-state index contributed by atoms with van der Waals surface area (Å²) in [7, 11) is -0.858. The number of hydrogen-bond acceptors (Lipinski definition) is 3. The monoisotopic (exact) mass is 272 g/mol. The zero-order valence-electron chi connectivity index (χ0n) is 11.6. The van der Waals surface area contributed by atoms with Crippen LogP contribution >= 0.6 is 0 Å². The predicted molar refractivity (Wildman–Crippen MR) is 73.7 cm³/mol. The topological polar surface area (TPSA) is 49.4 Å². The highest BCUT2D eigenvalue weighted by atomic mass is 32.2. The van der Waals surface area contributed by atoms with Gasteiger partial charge in [-0.25, -0.2) is 0 Å². The van der Waals surface area contributed by atoms with Gasteiger partial charge in [0.05, 0.1) is 11.7 Å². The molecule has 2 rings (SSSR count). The predicted octanol–water partition coefficient (Wildman–Crippen LogP) is 1.23. The molecule has 0 radical (unpaired) electrons. The van der Waals surface area contributed by atoms with Crippen LogP contribution in [0.5, 0.6) is 0 Å². The Bertz CT molecular complexity index is 353. The van der Waals surface area contributed by atoms with Crippen molar-refractivity contribution in [3.8, 4) is 0 Å². The molecule has 18 heavy (non-hydrogen) atoms. The number of carbonyl (C=O) groups excluding carboxylic acids is 1. The largest absolute Gasteiger partial charge is 0.322 e. The van der Waals surface area contributed by atoms with Crippen LogP contribution in [0, 0.1) is 0 Å². The first-order chi connectivity index (χ1) is 8.50. The lowest BCUT2D eigenvalue weighted by atomic mass is 9.98. The van der Waals surface area contributed by atoms with E-state index in [1.807, 2.05) is 11.8 Å². The zero-order chi connectivity index (χ0) is 13.3. The molecule has 2 fully saturated rings. The van der Waals surface area contributed by atoms with E-state index in [9.17, 15) is 9.00 Å². The van der Waals surface area contributed by atoms with Crippen molar-refractivity contribution >= 4 is 16.7 Å². The van der Waals surface area contributed by atoms with E-state index in [2.05, 4.69) is 12.2 Å². The first-order valence-corrected chi connectivity index (χ1v) is 8.63. The van der Waals surface area contributed by atoms with Gasteiger partial charge in [0.25, 0.3) is 0 Å². The van der Waals surface area contributed by atoms with Crippen LogP contribution in [0.25, 0.3) is 0 Å². The van der Waals surface area contributed by atoms with Crippen LogP contribution in [-0.2, 0) is 15.6 Å². The molecule has 1 aliphatic heterocycles. The van der Waals surface area contributed by atoms with Gasteiger partial charge in [-0.05, 0) is 26.2 Å². The molecule has 1 saturated carbocycles. The first kappa shape index (κ1) is 14.0. The second-order valence-corrected chi connectivity index (χ2v) is 7.14. The van der Waals surface area contributed by atoms with Crippen molar-refractivity contribution in [1.82, 2.24) is 10.2 Å². The third kappa shape index (κ3) is 2.35. The number of carbonyl (C=O) groups is 1. The Morgan fingerprint density at radius 1 is 1.50 bits per heavy atom. The zero-order valence-corrected chi connectivity index (χ0v) is 12.4. The molecule has 1 amide bonds. The summed E-state index contributed by atoms with van der Waals surface area (Å²) in [5.41, 5.74) is -0.301. The van der Waals surface area contributed by atoms with E-state index >= 15 is 0 Å². The molecule has 5 heteroatoms. The van der Waals surface area contributed by atoms with E-state index in [0.29, 0.717) is 5.75 Å². The lowest BCUT2D eigenvalue weighted by Crippen LogP contribution is -2.46. The van der Waals surface area contributed by atoms with Crippen molar-refractivity contribution in [2.75, 3.05) is 12.0 Å². The molecule has 1 aliphatic carbocycles. The summed E-state index contributed by atoms with van der Waals surface area (Å²) in [6.07, 6.45) is 6.93. The number of rotatable bonds is 4. The summed E-state index contributed by atoms with van der Waals surface area (Å²) >= 11 is 0. The molecule has 0 aromatic carbocycles. The summed E-state index contributed by atoms with van der Waals surface area (Å²) in [5.74, 6) is 0.810. The Hall–Kier alpha value is -0.420. The van der Waals surface area contributed by atoms with Gasteiger partial charge in [-0.2, -0.15) is 0 Å². The molecule has 1 N–H and O–H groups in total. The van der Waals surface area contributed by atoms with Gasteiger partial charge in [0, 0.05) is 28.9 Å². The third-order valence-electron chi connectivity index (χ3n) is 4.22. The van der Waals surface area contributed by atoms with Gasteiger partial charge in [-0.3, -0.25) is 14.3 Å². The van der Waals surface area contributed by atoms with E-state index in [1.165, 1.54) is 0 Å². The first-order valence-electron chi connectivity index (χ1n) is 6.90. The Morgan fingerprint density at radius 2 is 2.11 bits per heavy atom. The Morgan fingerprint density at radius 3 is 2.61 bits per heavy atom. The fraction of sp³-hybridized carbons (Fsp3) is 0.923. The molecule has 1 saturated heterocycles. The standard InChI is InChI=1S/C13H24N2O2S/c1-4-11-14-13(7-5-6-8-13)12(16)15(11)10(2)9-18(3)17/h10-11,14H,4-9H2,1-3H3. The molecular weight excluding hydrogens is 248 g/mol. The van der Waals surface area contributed by atoms with Crippen LogP contribution in [0.4, 0.5) is 0 Å². The molecule has 1 heterocycles. The number of hydrogen-bond donors (Lipinski definition) is 1. The van der Waals surface area contributed by atoms with E-state index in [0.717, 1.165) is 32.1 Å². The van der Waals surface area contributed by atoms with E-state index in [4.69, 9.17) is 0 Å². The number of nitrogens with zero attached hydrogens (tertiary/aromatic N) is 1. The van der Waals surface area contributed by atoms with Crippen molar-refractivity contribution < 1.29 is 9.00 Å². The minimum absolute atomic E-state index is 0.0563. The highest BCUT2D eigenvalue weighted by Crippen LogP contribution is 2.37. The highest BCUT2D eigenvalue weighted by molar-refractivity contribution is 7.84. The molecule has 0 bridgehead atoms. The van der Waals surface area contributed by atoms with Gasteiger partial charge in [0.1, 0.15) is 0 Å². The van der Waals surface area contributed by atoms with Crippen LogP contribution < -0.4 is 5.32 Å². The van der Waals surface area contributed by atoms with Crippen LogP contribution in [0.3, 0.4) is 0 Å². The molecule has 4 nitrogen and oxygen atoms in total. The summed E-state index contributed by atoms with van der Waals surface area (Å²) in [6.45, 7) is 4.11. The van der Waals surface area contributed by atoms with Gasteiger partial charge in [-0.1, -0.05) is 19.8 Å². The van der Waals surface area contributed by atoms with Crippen molar-refractivity contribution in [3.05, 3.63) is 0 Å². The lowest BCUT2D eigenvalue weighted by Gasteiger charge is -2.29. The van der Waals surface area contributed by atoms with Crippen molar-refractivity contribution in [2.45, 2.75) is 63.7 Å². The van der Waals surface area contributed by atoms with Gasteiger partial charge in [0.2, 0.25) is 5.91 Å². The minimum Gasteiger partial charge on any atom is -0.322 e. The van der Waals surface area contributed by atoms with Crippen molar-refractivity contribution in [2.24, 2.45) is 0 Å². The molecular formula is C13H24N2O2S. The maximum absolute atomic E-state index is 12.7. The summed E-state index contributed by atoms with van der Waals surface area (Å²) in [4.78, 5) is 14.6. The van der Waals surface area contributed by atoms with Crippen LogP contribution in [0.2, 0.25) is 0 Å². The molecule has 0 aromatic rings. The quantitative estimate of drug-likeness (QED) is 0.837. The lowest BCUT2D eigenvalue weighted by molar-refractivity contribution is -0.134. The molecule has 3 atom stereocenters. The van der Waals surface area contributed by atoms with E-state index < -0.39 is 10.8 Å². The molecule has 0 aromatic heterocycles. The van der Waals surface area contributed by atoms with Crippen LogP contribution in [-0.4, -0.2) is 44.8 Å². The molecule has 2 aliphatic rings. The van der Waals surface area contributed by atoms with Gasteiger partial charge >= 0.3 is 0 Å². The summed E-state index contributed by atoms with van der Waals surface area (Å²) < 4.78 is 11.4. The SMILES string of the molecule is CCC1NC2(CCCC2)C(=O)N1C(C)CS(C)=O. The number of nitrogens with one attached hydrogen (secondary N) is 1. The van der Waals surface area contributed by atoms with Crippen molar-refractivity contribution in [1.29, 1.82) is 0 Å². The second-order valence-electron chi connectivity index (χ2n) is 5.66.